The van der Waals surface area contributed by atoms with E-state index >= 15 is 0 Å². The van der Waals surface area contributed by atoms with Crippen LogP contribution in [0.3, 0.4) is 0 Å². The van der Waals surface area contributed by atoms with Gasteiger partial charge in [-0.05, 0) is 38.3 Å². The van der Waals surface area contributed by atoms with Crippen LogP contribution >= 0.6 is 7.60 Å². The van der Waals surface area contributed by atoms with Crippen LogP contribution in [0.5, 0.6) is 0 Å². The SMILES string of the molecule is COP(=O)(OC)C1c2ccccc2CCN1C(=O)OC(C)(C)C. The minimum Gasteiger partial charge on any atom is -0.444 e. The normalized spacial score (nSPS) is 18.5. The summed E-state index contributed by atoms with van der Waals surface area (Å²) in [7, 11) is -0.883. The van der Waals surface area contributed by atoms with Gasteiger partial charge in [-0.25, -0.2) is 4.79 Å². The molecular weight excluding hydrogens is 317 g/mol. The number of hydrogen-bond acceptors (Lipinski definition) is 5. The minimum absolute atomic E-state index is 0.396. The molecule has 0 saturated heterocycles. The summed E-state index contributed by atoms with van der Waals surface area (Å²) in [5.41, 5.74) is 1.17. The Labute approximate surface area is 137 Å². The van der Waals surface area contributed by atoms with Gasteiger partial charge >= 0.3 is 13.7 Å². The molecule has 6 nitrogen and oxygen atoms in total. The summed E-state index contributed by atoms with van der Waals surface area (Å²) in [5, 5.41) is 0. The van der Waals surface area contributed by atoms with E-state index in [2.05, 4.69) is 0 Å². The van der Waals surface area contributed by atoms with Crippen molar-refractivity contribution in [2.45, 2.75) is 38.6 Å². The Morgan fingerprint density at radius 1 is 1.22 bits per heavy atom. The summed E-state index contributed by atoms with van der Waals surface area (Å²) < 4.78 is 28.9. The van der Waals surface area contributed by atoms with E-state index in [1.165, 1.54) is 19.1 Å². The molecule has 0 radical (unpaired) electrons. The number of amides is 1. The fraction of sp³-hybridized carbons (Fsp3) is 0.562. The van der Waals surface area contributed by atoms with E-state index < -0.39 is 25.1 Å². The number of ether oxygens (including phenoxy) is 1. The Balaban J connectivity index is 2.47. The Morgan fingerprint density at radius 3 is 2.39 bits per heavy atom. The van der Waals surface area contributed by atoms with Crippen LogP contribution < -0.4 is 0 Å². The lowest BCUT2D eigenvalue weighted by Crippen LogP contribution is -2.43. The zero-order valence-electron chi connectivity index (χ0n) is 14.2. The number of nitrogens with zero attached hydrogens (tertiary/aromatic N) is 1. The van der Waals surface area contributed by atoms with Crippen LogP contribution in [0.15, 0.2) is 24.3 Å². The van der Waals surface area contributed by atoms with Crippen molar-refractivity contribution in [3.63, 3.8) is 0 Å². The van der Waals surface area contributed by atoms with Crippen molar-refractivity contribution in [1.29, 1.82) is 0 Å². The van der Waals surface area contributed by atoms with Crippen molar-refractivity contribution in [2.75, 3.05) is 20.8 Å². The first-order valence-corrected chi connectivity index (χ1v) is 9.11. The molecule has 0 saturated carbocycles. The predicted octanol–water partition coefficient (Wildman–Crippen LogP) is 3.96. The maximum atomic E-state index is 13.1. The van der Waals surface area contributed by atoms with Crippen LogP contribution in [0.25, 0.3) is 0 Å². The van der Waals surface area contributed by atoms with Crippen LogP contribution in [-0.4, -0.2) is 37.4 Å². The molecule has 0 bridgehead atoms. The molecule has 1 aliphatic rings. The summed E-state index contributed by atoms with van der Waals surface area (Å²) in [5.74, 6) is -0.808. The van der Waals surface area contributed by atoms with Crippen molar-refractivity contribution in [3.05, 3.63) is 35.4 Å². The van der Waals surface area contributed by atoms with Crippen LogP contribution in [-0.2, 0) is 24.8 Å². The van der Waals surface area contributed by atoms with Crippen molar-refractivity contribution < 1.29 is 23.1 Å². The van der Waals surface area contributed by atoms with Gasteiger partial charge in [0.15, 0.2) is 5.78 Å². The van der Waals surface area contributed by atoms with E-state index in [9.17, 15) is 9.36 Å². The van der Waals surface area contributed by atoms with E-state index in [0.717, 1.165) is 11.1 Å². The summed E-state index contributed by atoms with van der Waals surface area (Å²) in [6, 6.07) is 7.58. The third-order valence-electron chi connectivity index (χ3n) is 3.69. The van der Waals surface area contributed by atoms with Gasteiger partial charge in [-0.3, -0.25) is 9.46 Å². The van der Waals surface area contributed by atoms with E-state index in [1.807, 2.05) is 24.3 Å². The highest BCUT2D eigenvalue weighted by atomic mass is 31.2. The molecule has 0 fully saturated rings. The number of rotatable bonds is 3. The molecule has 1 unspecified atom stereocenters. The largest absolute Gasteiger partial charge is 0.444 e. The molecule has 23 heavy (non-hydrogen) atoms. The van der Waals surface area contributed by atoms with Crippen molar-refractivity contribution >= 4 is 13.7 Å². The lowest BCUT2D eigenvalue weighted by molar-refractivity contribution is 0.0181. The monoisotopic (exact) mass is 341 g/mol. The molecule has 1 heterocycles. The van der Waals surface area contributed by atoms with Crippen molar-refractivity contribution in [3.8, 4) is 0 Å². The third kappa shape index (κ3) is 3.77. The highest BCUT2D eigenvalue weighted by Crippen LogP contribution is 2.62. The number of fused-ring (bicyclic) bond motifs is 1. The molecule has 128 valence electrons. The Morgan fingerprint density at radius 2 is 1.83 bits per heavy atom. The maximum Gasteiger partial charge on any atom is 0.411 e. The summed E-state index contributed by atoms with van der Waals surface area (Å²) in [6.45, 7) is 5.78. The molecule has 0 spiro atoms. The first-order valence-electron chi connectivity index (χ1n) is 7.50. The van der Waals surface area contributed by atoms with Crippen LogP contribution in [0.4, 0.5) is 4.79 Å². The van der Waals surface area contributed by atoms with Crippen molar-refractivity contribution in [1.82, 2.24) is 4.90 Å². The first kappa shape index (κ1) is 18.0. The molecule has 0 aromatic heterocycles. The highest BCUT2D eigenvalue weighted by Gasteiger charge is 2.46. The highest BCUT2D eigenvalue weighted by molar-refractivity contribution is 7.54. The standard InChI is InChI=1S/C16H24NO5P/c1-16(2,3)22-15(18)17-11-10-12-8-6-7-9-13(12)14(17)23(19,20-4)21-5/h6-9,14H,10-11H2,1-5H3. The van der Waals surface area contributed by atoms with Gasteiger partial charge in [-0.1, -0.05) is 24.3 Å². The van der Waals surface area contributed by atoms with Crippen molar-refractivity contribution in [2.24, 2.45) is 0 Å². The minimum atomic E-state index is -3.54. The molecule has 0 N–H and O–H groups in total. The molecule has 1 amide bonds. The molecular formula is C16H24NO5P. The van der Waals surface area contributed by atoms with Crippen LogP contribution in [0, 0.1) is 0 Å². The van der Waals surface area contributed by atoms with Crippen LogP contribution in [0.2, 0.25) is 0 Å². The second kappa shape index (κ2) is 6.63. The number of carbonyl (C=O) groups is 1. The van der Waals surface area contributed by atoms with Gasteiger partial charge in [0.2, 0.25) is 0 Å². The second-order valence-corrected chi connectivity index (χ2v) is 8.70. The van der Waals surface area contributed by atoms with E-state index in [0.29, 0.717) is 13.0 Å². The maximum absolute atomic E-state index is 13.1. The van der Waals surface area contributed by atoms with Crippen LogP contribution in [0.1, 0.15) is 37.7 Å². The van der Waals surface area contributed by atoms with Gasteiger partial charge < -0.3 is 13.8 Å². The molecule has 2 rings (SSSR count). The smallest absolute Gasteiger partial charge is 0.411 e. The van der Waals surface area contributed by atoms with Gasteiger partial charge in [0.25, 0.3) is 0 Å². The first-order chi connectivity index (χ1) is 10.7. The summed E-state index contributed by atoms with van der Waals surface area (Å²) >= 11 is 0. The van der Waals surface area contributed by atoms with Gasteiger partial charge in [-0.15, -0.1) is 0 Å². The molecule has 1 aromatic rings. The van der Waals surface area contributed by atoms with Gasteiger partial charge in [0, 0.05) is 20.8 Å². The average molecular weight is 341 g/mol. The van der Waals surface area contributed by atoms with Gasteiger partial charge in [0.05, 0.1) is 0 Å². The van der Waals surface area contributed by atoms with Gasteiger partial charge in [0.1, 0.15) is 5.60 Å². The van der Waals surface area contributed by atoms with E-state index in [1.54, 1.807) is 20.8 Å². The van der Waals surface area contributed by atoms with E-state index in [4.69, 9.17) is 13.8 Å². The molecule has 1 aromatic carbocycles. The number of benzene rings is 1. The quantitative estimate of drug-likeness (QED) is 0.779. The summed E-state index contributed by atoms with van der Waals surface area (Å²) in [6.07, 6.45) is 0.144. The number of hydrogen-bond donors (Lipinski definition) is 0. The van der Waals surface area contributed by atoms with Gasteiger partial charge in [-0.2, -0.15) is 0 Å². The molecule has 0 aliphatic carbocycles. The fourth-order valence-electron chi connectivity index (χ4n) is 2.67. The predicted molar refractivity (Wildman–Crippen MR) is 87.5 cm³/mol. The number of carbonyl (C=O) groups excluding carboxylic acids is 1. The lowest BCUT2D eigenvalue weighted by atomic mass is 10.00. The molecule has 1 atom stereocenters. The summed E-state index contributed by atoms with van der Waals surface area (Å²) in [4.78, 5) is 14.0. The molecule has 7 heteroatoms. The Kier molecular flexibility index (Phi) is 5.19. The topological polar surface area (TPSA) is 65.1 Å². The Hall–Kier alpha value is -1.36. The molecule has 1 aliphatic heterocycles. The zero-order valence-corrected chi connectivity index (χ0v) is 15.1. The zero-order chi connectivity index (χ0) is 17.3. The lowest BCUT2D eigenvalue weighted by Gasteiger charge is -2.39. The fourth-order valence-corrected chi connectivity index (χ4v) is 4.36. The average Bonchev–Trinajstić information content (AvgIpc) is 2.51. The Bertz CT molecular complexity index is 617. The second-order valence-electron chi connectivity index (χ2n) is 6.40. The van der Waals surface area contributed by atoms with E-state index in [-0.39, 0.29) is 0 Å². The third-order valence-corrected chi connectivity index (χ3v) is 5.86.